The summed E-state index contributed by atoms with van der Waals surface area (Å²) < 4.78 is 0. The summed E-state index contributed by atoms with van der Waals surface area (Å²) in [6, 6.07) is 7.46. The van der Waals surface area contributed by atoms with E-state index in [4.69, 9.17) is 11.6 Å². The molecule has 1 aliphatic heterocycles. The molecule has 0 N–H and O–H groups in total. The number of aromatic nitrogens is 3. The first-order chi connectivity index (χ1) is 15.1. The van der Waals surface area contributed by atoms with Crippen LogP contribution in [0.5, 0.6) is 0 Å². The van der Waals surface area contributed by atoms with Gasteiger partial charge in [-0.25, -0.2) is 4.98 Å². The summed E-state index contributed by atoms with van der Waals surface area (Å²) in [6.45, 7) is 3.78. The number of carbonyl (C=O) groups excluding carboxylic acids is 2. The van der Waals surface area contributed by atoms with E-state index in [2.05, 4.69) is 15.2 Å². The van der Waals surface area contributed by atoms with Crippen LogP contribution in [-0.2, 0) is 11.2 Å². The molecule has 2 amide bonds. The summed E-state index contributed by atoms with van der Waals surface area (Å²) in [5, 5.41) is 11.8. The van der Waals surface area contributed by atoms with Crippen LogP contribution in [0.15, 0.2) is 35.2 Å². The third kappa shape index (κ3) is 4.94. The molecule has 0 unspecified atom stereocenters. The minimum Gasteiger partial charge on any atom is -0.342 e. The summed E-state index contributed by atoms with van der Waals surface area (Å²) in [7, 11) is 0. The van der Waals surface area contributed by atoms with Crippen molar-refractivity contribution in [3.8, 4) is 0 Å². The first-order valence-corrected chi connectivity index (χ1v) is 12.2. The molecule has 1 aliphatic rings. The van der Waals surface area contributed by atoms with Gasteiger partial charge in [0.05, 0.1) is 11.4 Å². The van der Waals surface area contributed by atoms with Crippen LogP contribution in [-0.4, -0.2) is 51.5 Å². The first-order valence-electron chi connectivity index (χ1n) is 10.1. The molecule has 162 valence electrons. The molecular weight excluding hydrogens is 454 g/mol. The number of anilines is 1. The number of carbonyl (C=O) groups is 2. The molecule has 0 radical (unpaired) electrons. The highest BCUT2D eigenvalue weighted by atomic mass is 35.5. The van der Waals surface area contributed by atoms with Gasteiger partial charge in [0.2, 0.25) is 11.0 Å². The standard InChI is InChI=1S/C21H22ClN5O2S2/c1-2-27(21-25-23-13-31-21)20(29)17-12-30-19(24-17)14-7-9-26(10-8-14)18(28)11-15-5-3-4-6-16(15)22/h3-6,12-14H,2,7-11H2,1H3. The number of benzene rings is 1. The molecule has 31 heavy (non-hydrogen) atoms. The number of thiazole rings is 1. The highest BCUT2D eigenvalue weighted by molar-refractivity contribution is 7.13. The van der Waals surface area contributed by atoms with Gasteiger partial charge in [-0.05, 0) is 31.4 Å². The molecule has 2 aromatic heterocycles. The van der Waals surface area contributed by atoms with Crippen molar-refractivity contribution in [3.63, 3.8) is 0 Å². The van der Waals surface area contributed by atoms with Crippen LogP contribution in [0, 0.1) is 0 Å². The maximum absolute atomic E-state index is 12.9. The monoisotopic (exact) mass is 475 g/mol. The fraction of sp³-hybridized carbons (Fsp3) is 0.381. The molecule has 0 atom stereocenters. The molecular formula is C21H22ClN5O2S2. The quantitative estimate of drug-likeness (QED) is 0.532. The van der Waals surface area contributed by atoms with Crippen LogP contribution < -0.4 is 4.90 Å². The number of hydrogen-bond donors (Lipinski definition) is 0. The van der Waals surface area contributed by atoms with E-state index in [1.807, 2.05) is 41.5 Å². The van der Waals surface area contributed by atoms with Gasteiger partial charge < -0.3 is 4.90 Å². The van der Waals surface area contributed by atoms with E-state index < -0.39 is 0 Å². The van der Waals surface area contributed by atoms with E-state index in [9.17, 15) is 9.59 Å². The van der Waals surface area contributed by atoms with Gasteiger partial charge in [0.1, 0.15) is 11.2 Å². The summed E-state index contributed by atoms with van der Waals surface area (Å²) in [6.07, 6.45) is 1.99. The number of likely N-dealkylation sites (tertiary alicyclic amines) is 1. The Morgan fingerprint density at radius 2 is 2.00 bits per heavy atom. The van der Waals surface area contributed by atoms with Gasteiger partial charge in [0.25, 0.3) is 5.91 Å². The van der Waals surface area contributed by atoms with Crippen molar-refractivity contribution in [2.24, 2.45) is 0 Å². The third-order valence-electron chi connectivity index (χ3n) is 5.38. The topological polar surface area (TPSA) is 79.3 Å². The number of rotatable bonds is 6. The fourth-order valence-corrected chi connectivity index (χ4v) is 5.44. The molecule has 1 fully saturated rings. The highest BCUT2D eigenvalue weighted by Gasteiger charge is 2.28. The molecule has 0 spiro atoms. The van der Waals surface area contributed by atoms with Crippen molar-refractivity contribution in [1.29, 1.82) is 0 Å². The van der Waals surface area contributed by atoms with Crippen LogP contribution in [0.4, 0.5) is 5.13 Å². The van der Waals surface area contributed by atoms with Crippen LogP contribution >= 0.6 is 34.3 Å². The maximum Gasteiger partial charge on any atom is 0.279 e. The van der Waals surface area contributed by atoms with E-state index in [1.165, 1.54) is 22.7 Å². The predicted octanol–water partition coefficient (Wildman–Crippen LogP) is 4.26. The third-order valence-corrected chi connectivity index (χ3v) is 7.47. The Morgan fingerprint density at radius 3 is 2.68 bits per heavy atom. The SMILES string of the molecule is CCN(C(=O)c1csc(C2CCN(C(=O)Cc3ccccc3Cl)CC2)n1)c1nncs1. The fourth-order valence-electron chi connectivity index (χ4n) is 3.65. The maximum atomic E-state index is 12.9. The molecule has 3 aromatic rings. The van der Waals surface area contributed by atoms with Gasteiger partial charge in [-0.15, -0.1) is 21.5 Å². The van der Waals surface area contributed by atoms with Crippen molar-refractivity contribution >= 4 is 51.2 Å². The van der Waals surface area contributed by atoms with Gasteiger partial charge in [-0.1, -0.05) is 41.1 Å². The Labute approximate surface area is 193 Å². The molecule has 1 aromatic carbocycles. The van der Waals surface area contributed by atoms with Crippen molar-refractivity contribution in [2.45, 2.75) is 32.1 Å². The van der Waals surface area contributed by atoms with Crippen molar-refractivity contribution in [2.75, 3.05) is 24.5 Å². The molecule has 1 saturated heterocycles. The molecule has 0 saturated carbocycles. The molecule has 3 heterocycles. The lowest BCUT2D eigenvalue weighted by atomic mass is 9.97. The van der Waals surface area contributed by atoms with E-state index in [1.54, 1.807) is 10.4 Å². The second-order valence-corrected chi connectivity index (χ2v) is 9.37. The van der Waals surface area contributed by atoms with E-state index in [-0.39, 0.29) is 17.7 Å². The van der Waals surface area contributed by atoms with E-state index in [0.29, 0.717) is 41.9 Å². The van der Waals surface area contributed by atoms with Crippen LogP contribution in [0.1, 0.15) is 46.7 Å². The Bertz CT molecular complexity index is 1050. The Kier molecular flexibility index (Phi) is 6.94. The minimum atomic E-state index is -0.158. The van der Waals surface area contributed by atoms with Crippen molar-refractivity contribution in [3.05, 3.63) is 56.4 Å². The second-order valence-electron chi connectivity index (χ2n) is 7.26. The number of halogens is 1. The van der Waals surface area contributed by atoms with Crippen molar-refractivity contribution in [1.82, 2.24) is 20.1 Å². The lowest BCUT2D eigenvalue weighted by Gasteiger charge is -2.31. The first kappa shape index (κ1) is 21.9. The summed E-state index contributed by atoms with van der Waals surface area (Å²) in [5.41, 5.74) is 2.91. The van der Waals surface area contributed by atoms with Gasteiger partial charge in [-0.2, -0.15) is 0 Å². The lowest BCUT2D eigenvalue weighted by Crippen LogP contribution is -2.38. The van der Waals surface area contributed by atoms with Crippen LogP contribution in [0.25, 0.3) is 0 Å². The molecule has 10 heteroatoms. The molecule has 7 nitrogen and oxygen atoms in total. The largest absolute Gasteiger partial charge is 0.342 e. The minimum absolute atomic E-state index is 0.0946. The van der Waals surface area contributed by atoms with Gasteiger partial charge in [0, 0.05) is 36.0 Å². The zero-order valence-electron chi connectivity index (χ0n) is 17.0. The summed E-state index contributed by atoms with van der Waals surface area (Å²) in [5.74, 6) is 0.193. The second kappa shape index (κ2) is 9.84. The predicted molar refractivity (Wildman–Crippen MR) is 123 cm³/mol. The normalized spacial score (nSPS) is 14.6. The Hall–Kier alpha value is -2.36. The van der Waals surface area contributed by atoms with Gasteiger partial charge in [0.15, 0.2) is 0 Å². The zero-order chi connectivity index (χ0) is 21.8. The van der Waals surface area contributed by atoms with E-state index in [0.717, 1.165) is 23.4 Å². The van der Waals surface area contributed by atoms with Gasteiger partial charge in [-0.3, -0.25) is 14.5 Å². The number of amides is 2. The smallest absolute Gasteiger partial charge is 0.279 e. The molecule has 4 rings (SSSR count). The lowest BCUT2D eigenvalue weighted by molar-refractivity contribution is -0.131. The molecule has 0 bridgehead atoms. The number of hydrogen-bond acceptors (Lipinski definition) is 7. The average Bonchev–Trinajstić information content (AvgIpc) is 3.48. The van der Waals surface area contributed by atoms with Crippen LogP contribution in [0.2, 0.25) is 5.02 Å². The summed E-state index contributed by atoms with van der Waals surface area (Å²) in [4.78, 5) is 33.6. The summed E-state index contributed by atoms with van der Waals surface area (Å²) >= 11 is 9.03. The molecule has 0 aliphatic carbocycles. The number of nitrogens with zero attached hydrogens (tertiary/aromatic N) is 5. The highest BCUT2D eigenvalue weighted by Crippen LogP contribution is 2.31. The van der Waals surface area contributed by atoms with Crippen molar-refractivity contribution < 1.29 is 9.59 Å². The zero-order valence-corrected chi connectivity index (χ0v) is 19.4. The number of piperidine rings is 1. The Morgan fingerprint density at radius 1 is 1.23 bits per heavy atom. The van der Waals surface area contributed by atoms with E-state index >= 15 is 0 Å². The average molecular weight is 476 g/mol. The Balaban J connectivity index is 1.35. The van der Waals surface area contributed by atoms with Crippen LogP contribution in [0.3, 0.4) is 0 Å². The van der Waals surface area contributed by atoms with Gasteiger partial charge >= 0.3 is 0 Å².